The molecule has 0 unspecified atom stereocenters. The highest BCUT2D eigenvalue weighted by Gasteiger charge is 2.34. The molecule has 0 radical (unpaired) electrons. The normalized spacial score (nSPS) is 17.7. The van der Waals surface area contributed by atoms with Gasteiger partial charge in [-0.3, -0.25) is 9.69 Å². The number of sulfonamides is 1. The number of hydrogen-bond donors (Lipinski definition) is 0. The van der Waals surface area contributed by atoms with Gasteiger partial charge in [0.25, 0.3) is 15.9 Å². The summed E-state index contributed by atoms with van der Waals surface area (Å²) in [5.41, 5.74) is 1.27. The zero-order valence-electron chi connectivity index (χ0n) is 15.4. The van der Waals surface area contributed by atoms with E-state index in [0.29, 0.717) is 0 Å². The zero-order valence-corrected chi connectivity index (χ0v) is 17.1. The molecule has 8 heteroatoms. The highest BCUT2D eigenvalue weighted by molar-refractivity contribution is 8.19. The SMILES string of the molecule is CCc1ccc(S(=O)(=O)/N=C2\S/C(=C\c3ccccc3F)C(=O)N2CC)cc1. The predicted octanol–water partition coefficient (Wildman–Crippen LogP) is 4.07. The maximum atomic E-state index is 13.9. The maximum Gasteiger partial charge on any atom is 0.284 e. The first-order valence-electron chi connectivity index (χ1n) is 8.75. The lowest BCUT2D eigenvalue weighted by atomic mass is 10.2. The van der Waals surface area contributed by atoms with Gasteiger partial charge in [-0.15, -0.1) is 4.40 Å². The van der Waals surface area contributed by atoms with Crippen molar-refractivity contribution in [1.29, 1.82) is 0 Å². The quantitative estimate of drug-likeness (QED) is 0.687. The molecule has 0 atom stereocenters. The van der Waals surface area contributed by atoms with Crippen molar-refractivity contribution in [2.75, 3.05) is 6.54 Å². The van der Waals surface area contributed by atoms with Crippen LogP contribution >= 0.6 is 11.8 Å². The van der Waals surface area contributed by atoms with Crippen LogP contribution in [0.25, 0.3) is 6.08 Å². The molecule has 1 saturated heterocycles. The van der Waals surface area contributed by atoms with Crippen LogP contribution in [0.4, 0.5) is 4.39 Å². The highest BCUT2D eigenvalue weighted by Crippen LogP contribution is 2.33. The summed E-state index contributed by atoms with van der Waals surface area (Å²) in [5.74, 6) is -0.855. The summed E-state index contributed by atoms with van der Waals surface area (Å²) >= 11 is 0.926. The second kappa shape index (κ2) is 8.28. The Morgan fingerprint density at radius 3 is 2.39 bits per heavy atom. The first-order valence-corrected chi connectivity index (χ1v) is 11.0. The predicted molar refractivity (Wildman–Crippen MR) is 110 cm³/mol. The van der Waals surface area contributed by atoms with E-state index in [1.54, 1.807) is 37.3 Å². The molecule has 1 aliphatic heterocycles. The fourth-order valence-electron chi connectivity index (χ4n) is 2.64. The molecule has 2 aromatic carbocycles. The van der Waals surface area contributed by atoms with Crippen molar-refractivity contribution in [3.05, 3.63) is 70.4 Å². The minimum Gasteiger partial charge on any atom is -0.286 e. The van der Waals surface area contributed by atoms with Gasteiger partial charge in [-0.25, -0.2) is 4.39 Å². The van der Waals surface area contributed by atoms with Crippen LogP contribution in [-0.2, 0) is 21.2 Å². The van der Waals surface area contributed by atoms with Gasteiger partial charge < -0.3 is 0 Å². The lowest BCUT2D eigenvalue weighted by Gasteiger charge is -2.12. The molecule has 5 nitrogen and oxygen atoms in total. The Morgan fingerprint density at radius 1 is 1.11 bits per heavy atom. The molecular formula is C20H19FN2O3S2. The number of aryl methyl sites for hydroxylation is 1. The Balaban J connectivity index is 1.96. The second-order valence-corrected chi connectivity index (χ2v) is 8.64. The van der Waals surface area contributed by atoms with Crippen LogP contribution in [0.1, 0.15) is 25.0 Å². The van der Waals surface area contributed by atoms with E-state index in [0.717, 1.165) is 23.7 Å². The fourth-order valence-corrected chi connectivity index (χ4v) is 4.88. The van der Waals surface area contributed by atoms with Gasteiger partial charge in [0.1, 0.15) is 5.82 Å². The first kappa shape index (κ1) is 20.3. The molecule has 0 N–H and O–H groups in total. The number of nitrogens with zero attached hydrogens (tertiary/aromatic N) is 2. The molecule has 0 aliphatic carbocycles. The third-order valence-corrected chi connectivity index (χ3v) is 6.63. The number of amides is 1. The number of amidine groups is 1. The second-order valence-electron chi connectivity index (χ2n) is 6.03. The third kappa shape index (κ3) is 4.18. The molecule has 0 spiro atoms. The van der Waals surface area contributed by atoms with Gasteiger partial charge in [0, 0.05) is 12.1 Å². The topological polar surface area (TPSA) is 66.8 Å². The lowest BCUT2D eigenvalue weighted by Crippen LogP contribution is -2.29. The third-order valence-electron chi connectivity index (χ3n) is 4.22. The molecule has 1 heterocycles. The first-order chi connectivity index (χ1) is 13.4. The molecule has 1 fully saturated rings. The van der Waals surface area contributed by atoms with E-state index in [4.69, 9.17) is 0 Å². The lowest BCUT2D eigenvalue weighted by molar-refractivity contribution is -0.122. The van der Waals surface area contributed by atoms with Crippen molar-refractivity contribution < 1.29 is 17.6 Å². The number of likely N-dealkylation sites (N-methyl/N-ethyl adjacent to an activating group) is 1. The van der Waals surface area contributed by atoms with Crippen LogP contribution < -0.4 is 0 Å². The maximum absolute atomic E-state index is 13.9. The molecule has 0 bridgehead atoms. The number of carbonyl (C=O) groups is 1. The Labute approximate surface area is 168 Å². The van der Waals surface area contributed by atoms with Gasteiger partial charge in [-0.1, -0.05) is 37.3 Å². The highest BCUT2D eigenvalue weighted by atomic mass is 32.2. The Bertz CT molecular complexity index is 1060. The van der Waals surface area contributed by atoms with Gasteiger partial charge in [-0.2, -0.15) is 8.42 Å². The summed E-state index contributed by atoms with van der Waals surface area (Å²) < 4.78 is 43.1. The van der Waals surface area contributed by atoms with Crippen molar-refractivity contribution in [3.8, 4) is 0 Å². The van der Waals surface area contributed by atoms with Gasteiger partial charge in [0.15, 0.2) is 5.17 Å². The standard InChI is InChI=1S/C20H19FN2O3S2/c1-3-14-9-11-16(12-10-14)28(25,26)22-20-23(4-2)19(24)18(27-20)13-15-7-5-6-8-17(15)21/h5-13H,3-4H2,1-2H3/b18-13-,22-20-. The molecule has 3 rings (SSSR count). The minimum absolute atomic E-state index is 0.0628. The number of rotatable bonds is 5. The van der Waals surface area contributed by atoms with Crippen LogP contribution in [0.2, 0.25) is 0 Å². The van der Waals surface area contributed by atoms with E-state index >= 15 is 0 Å². The molecular weight excluding hydrogens is 399 g/mol. The van der Waals surface area contributed by atoms with Gasteiger partial charge in [-0.05, 0) is 54.9 Å². The largest absolute Gasteiger partial charge is 0.286 e. The van der Waals surface area contributed by atoms with Crippen LogP contribution in [0.3, 0.4) is 0 Å². The monoisotopic (exact) mass is 418 g/mol. The van der Waals surface area contributed by atoms with Gasteiger partial charge in [0.05, 0.1) is 9.80 Å². The van der Waals surface area contributed by atoms with E-state index in [9.17, 15) is 17.6 Å². The van der Waals surface area contributed by atoms with Crippen molar-refractivity contribution in [2.24, 2.45) is 4.40 Å². The zero-order chi connectivity index (χ0) is 20.3. The van der Waals surface area contributed by atoms with E-state index < -0.39 is 21.7 Å². The summed E-state index contributed by atoms with van der Waals surface area (Å²) in [6, 6.07) is 12.6. The van der Waals surface area contributed by atoms with Gasteiger partial charge >= 0.3 is 0 Å². The summed E-state index contributed by atoms with van der Waals surface area (Å²) in [6.45, 7) is 3.96. The van der Waals surface area contributed by atoms with Crippen molar-refractivity contribution in [2.45, 2.75) is 25.2 Å². The van der Waals surface area contributed by atoms with E-state index in [-0.39, 0.29) is 27.1 Å². The fraction of sp³-hybridized carbons (Fsp3) is 0.200. The number of halogens is 1. The minimum atomic E-state index is -3.97. The molecule has 1 amide bonds. The number of benzene rings is 2. The Kier molecular flexibility index (Phi) is 6.00. The molecule has 0 aromatic heterocycles. The van der Waals surface area contributed by atoms with E-state index in [2.05, 4.69) is 4.40 Å². The molecule has 2 aromatic rings. The van der Waals surface area contributed by atoms with Crippen molar-refractivity contribution in [1.82, 2.24) is 4.90 Å². The summed E-state index contributed by atoms with van der Waals surface area (Å²) in [5, 5.41) is 0.0645. The molecule has 0 saturated carbocycles. The van der Waals surface area contributed by atoms with E-state index in [1.807, 2.05) is 6.92 Å². The smallest absolute Gasteiger partial charge is 0.284 e. The summed E-state index contributed by atoms with van der Waals surface area (Å²) in [6.07, 6.45) is 2.21. The van der Waals surface area contributed by atoms with Crippen LogP contribution in [0.15, 0.2) is 62.7 Å². The molecule has 1 aliphatic rings. The number of thioether (sulfide) groups is 1. The van der Waals surface area contributed by atoms with Crippen LogP contribution in [0.5, 0.6) is 0 Å². The number of hydrogen-bond acceptors (Lipinski definition) is 4. The van der Waals surface area contributed by atoms with Crippen LogP contribution in [0, 0.1) is 5.82 Å². The number of carbonyl (C=O) groups excluding carboxylic acids is 1. The Hall–Kier alpha value is -2.45. The van der Waals surface area contributed by atoms with Crippen LogP contribution in [-0.4, -0.2) is 30.9 Å². The van der Waals surface area contributed by atoms with Crippen molar-refractivity contribution in [3.63, 3.8) is 0 Å². The Morgan fingerprint density at radius 2 is 1.79 bits per heavy atom. The molecule has 146 valence electrons. The average Bonchev–Trinajstić information content (AvgIpc) is 2.97. The average molecular weight is 419 g/mol. The summed E-state index contributed by atoms with van der Waals surface area (Å²) in [7, 11) is -3.97. The summed E-state index contributed by atoms with van der Waals surface area (Å²) in [4.78, 5) is 14.2. The van der Waals surface area contributed by atoms with E-state index in [1.165, 1.54) is 29.2 Å². The van der Waals surface area contributed by atoms with Gasteiger partial charge in [0.2, 0.25) is 0 Å². The van der Waals surface area contributed by atoms with Crippen molar-refractivity contribution >= 4 is 38.9 Å². The molecule has 28 heavy (non-hydrogen) atoms.